The molecular weight excluding hydrogens is 142 g/mol. The molecular formula is C8H11NO2. The number of carbonyl (C=O) groups is 1. The van der Waals surface area contributed by atoms with Crippen molar-refractivity contribution in [3.63, 3.8) is 0 Å². The van der Waals surface area contributed by atoms with Gasteiger partial charge in [0.2, 0.25) is 5.91 Å². The van der Waals surface area contributed by atoms with Crippen molar-refractivity contribution >= 4 is 5.91 Å². The fraction of sp³-hybridized carbons (Fsp3) is 0.125. The highest BCUT2D eigenvalue weighted by atomic mass is 16.3. The first-order chi connectivity index (χ1) is 5.16. The summed E-state index contributed by atoms with van der Waals surface area (Å²) in [6, 6.07) is 0. The number of carbonyl (C=O) groups excluding carboxylic acids is 1. The quantitative estimate of drug-likeness (QED) is 0.473. The lowest BCUT2D eigenvalue weighted by Crippen LogP contribution is -2.10. The summed E-state index contributed by atoms with van der Waals surface area (Å²) in [7, 11) is 0. The van der Waals surface area contributed by atoms with E-state index in [0.717, 1.165) is 0 Å². The molecule has 0 aliphatic carbocycles. The second-order valence-electron chi connectivity index (χ2n) is 1.86. The summed E-state index contributed by atoms with van der Waals surface area (Å²) < 4.78 is 0. The van der Waals surface area contributed by atoms with E-state index in [0.29, 0.717) is 0 Å². The smallest absolute Gasteiger partial charge is 0.220 e. The first-order valence-corrected chi connectivity index (χ1v) is 3.12. The van der Waals surface area contributed by atoms with E-state index < -0.39 is 0 Å². The Kier molecular flexibility index (Phi) is 4.56. The molecule has 0 fully saturated rings. The predicted octanol–water partition coefficient (Wildman–Crippen LogP) is 1.26. The normalized spacial score (nSPS) is 11.5. The van der Waals surface area contributed by atoms with Gasteiger partial charge in [0.25, 0.3) is 0 Å². The number of aliphatic hydroxyl groups excluding tert-OH is 1. The van der Waals surface area contributed by atoms with Crippen molar-refractivity contribution in [2.24, 2.45) is 0 Å². The number of nitrogens with one attached hydrogen (secondary N) is 1. The number of hydrogen-bond acceptors (Lipinski definition) is 2. The molecule has 0 aromatic carbocycles. The van der Waals surface area contributed by atoms with Gasteiger partial charge < -0.3 is 10.4 Å². The van der Waals surface area contributed by atoms with Crippen LogP contribution >= 0.6 is 0 Å². The van der Waals surface area contributed by atoms with Crippen LogP contribution in [0.15, 0.2) is 36.8 Å². The van der Waals surface area contributed by atoms with Gasteiger partial charge in [0.1, 0.15) is 5.76 Å². The van der Waals surface area contributed by atoms with Crippen molar-refractivity contribution in [3.05, 3.63) is 36.8 Å². The van der Waals surface area contributed by atoms with Gasteiger partial charge in [-0.25, -0.2) is 0 Å². The molecule has 0 bridgehead atoms. The second-order valence-corrected chi connectivity index (χ2v) is 1.86. The number of aliphatic hydroxyl groups is 1. The van der Waals surface area contributed by atoms with Crippen molar-refractivity contribution in [2.45, 2.75) is 6.92 Å². The number of amides is 1. The van der Waals surface area contributed by atoms with Gasteiger partial charge in [-0.2, -0.15) is 0 Å². The van der Waals surface area contributed by atoms with Crippen molar-refractivity contribution in [3.8, 4) is 0 Å². The van der Waals surface area contributed by atoms with E-state index in [-0.39, 0.29) is 11.7 Å². The third-order valence-electron chi connectivity index (χ3n) is 0.859. The Labute approximate surface area is 65.7 Å². The minimum Gasteiger partial charge on any atom is -0.508 e. The first kappa shape index (κ1) is 9.49. The molecule has 11 heavy (non-hydrogen) atoms. The maximum Gasteiger partial charge on any atom is 0.220 e. The van der Waals surface area contributed by atoms with Crippen LogP contribution in [0.3, 0.4) is 0 Å². The van der Waals surface area contributed by atoms with Gasteiger partial charge in [0.15, 0.2) is 0 Å². The molecule has 0 aliphatic rings. The highest BCUT2D eigenvalue weighted by Gasteiger charge is 1.80. The van der Waals surface area contributed by atoms with Crippen molar-refractivity contribution in [2.75, 3.05) is 0 Å². The van der Waals surface area contributed by atoms with Gasteiger partial charge in [-0.15, -0.1) is 0 Å². The standard InChI is InChI=1S/C8H11NO2/c1-3-8(11)5-4-6-9-7(2)10/h3-6,11H,1H2,2H3,(H,9,10)/b6-4+,8-5+. The monoisotopic (exact) mass is 153 g/mol. The van der Waals surface area contributed by atoms with E-state index in [4.69, 9.17) is 5.11 Å². The van der Waals surface area contributed by atoms with Crippen LogP contribution in [0.5, 0.6) is 0 Å². The Morgan fingerprint density at radius 2 is 2.27 bits per heavy atom. The third kappa shape index (κ3) is 6.37. The molecule has 0 heterocycles. The lowest BCUT2D eigenvalue weighted by atomic mass is 10.4. The average Bonchev–Trinajstić information content (AvgIpc) is 1.97. The Morgan fingerprint density at radius 3 is 2.73 bits per heavy atom. The highest BCUT2D eigenvalue weighted by Crippen LogP contribution is 1.87. The SMILES string of the molecule is C=C/C(O)=C\C=C\NC(C)=O. The van der Waals surface area contributed by atoms with E-state index in [2.05, 4.69) is 11.9 Å². The molecule has 0 saturated heterocycles. The van der Waals surface area contributed by atoms with Crippen molar-refractivity contribution < 1.29 is 9.90 Å². The molecule has 0 aliphatic heterocycles. The van der Waals surface area contributed by atoms with E-state index >= 15 is 0 Å². The average molecular weight is 153 g/mol. The fourth-order valence-corrected chi connectivity index (χ4v) is 0.380. The number of rotatable bonds is 3. The summed E-state index contributed by atoms with van der Waals surface area (Å²) in [5, 5.41) is 11.2. The van der Waals surface area contributed by atoms with Crippen LogP contribution in [-0.4, -0.2) is 11.0 Å². The molecule has 3 nitrogen and oxygen atoms in total. The summed E-state index contributed by atoms with van der Waals surface area (Å²) in [6.07, 6.45) is 5.67. The summed E-state index contributed by atoms with van der Waals surface area (Å²) in [5.74, 6) is -0.0839. The summed E-state index contributed by atoms with van der Waals surface area (Å²) in [6.45, 7) is 4.74. The molecule has 60 valence electrons. The molecule has 0 aromatic rings. The van der Waals surface area contributed by atoms with Crippen LogP contribution < -0.4 is 5.32 Å². The van der Waals surface area contributed by atoms with E-state index in [1.165, 1.54) is 31.4 Å². The fourth-order valence-electron chi connectivity index (χ4n) is 0.380. The molecule has 0 aromatic heterocycles. The number of hydrogen-bond donors (Lipinski definition) is 2. The van der Waals surface area contributed by atoms with Gasteiger partial charge in [-0.3, -0.25) is 4.79 Å². The van der Waals surface area contributed by atoms with Gasteiger partial charge in [-0.05, 0) is 18.2 Å². The van der Waals surface area contributed by atoms with Crippen LogP contribution in [-0.2, 0) is 4.79 Å². The minimum atomic E-state index is -0.146. The predicted molar refractivity (Wildman–Crippen MR) is 43.9 cm³/mol. The molecule has 0 unspecified atom stereocenters. The lowest BCUT2D eigenvalue weighted by molar-refractivity contribution is -0.118. The van der Waals surface area contributed by atoms with Crippen LogP contribution in [0.25, 0.3) is 0 Å². The molecule has 0 atom stereocenters. The largest absolute Gasteiger partial charge is 0.508 e. The minimum absolute atomic E-state index is 0.0617. The zero-order valence-electron chi connectivity index (χ0n) is 6.37. The molecule has 2 N–H and O–H groups in total. The van der Waals surface area contributed by atoms with Gasteiger partial charge in [0, 0.05) is 13.1 Å². The summed E-state index contributed by atoms with van der Waals surface area (Å²) >= 11 is 0. The van der Waals surface area contributed by atoms with Crippen LogP contribution in [0.1, 0.15) is 6.92 Å². The Morgan fingerprint density at radius 1 is 1.64 bits per heavy atom. The van der Waals surface area contributed by atoms with Crippen LogP contribution in [0.4, 0.5) is 0 Å². The lowest BCUT2D eigenvalue weighted by Gasteiger charge is -1.88. The third-order valence-corrected chi connectivity index (χ3v) is 0.859. The maximum atomic E-state index is 10.3. The molecule has 0 spiro atoms. The van der Waals surface area contributed by atoms with Gasteiger partial charge in [0.05, 0.1) is 0 Å². The summed E-state index contributed by atoms with van der Waals surface area (Å²) in [4.78, 5) is 10.3. The topological polar surface area (TPSA) is 49.3 Å². The summed E-state index contributed by atoms with van der Waals surface area (Å²) in [5.41, 5.74) is 0. The first-order valence-electron chi connectivity index (χ1n) is 3.12. The Balaban J connectivity index is 3.76. The maximum absolute atomic E-state index is 10.3. The van der Waals surface area contributed by atoms with Gasteiger partial charge in [-0.1, -0.05) is 6.58 Å². The van der Waals surface area contributed by atoms with Crippen LogP contribution in [0.2, 0.25) is 0 Å². The van der Waals surface area contributed by atoms with Crippen molar-refractivity contribution in [1.29, 1.82) is 0 Å². The molecule has 1 amide bonds. The molecule has 3 heteroatoms. The van der Waals surface area contributed by atoms with Crippen LogP contribution in [0, 0.1) is 0 Å². The van der Waals surface area contributed by atoms with Crippen molar-refractivity contribution in [1.82, 2.24) is 5.32 Å². The molecule has 0 radical (unpaired) electrons. The van der Waals surface area contributed by atoms with E-state index in [1.807, 2.05) is 0 Å². The molecule has 0 rings (SSSR count). The zero-order chi connectivity index (χ0) is 8.69. The van der Waals surface area contributed by atoms with Gasteiger partial charge >= 0.3 is 0 Å². The Hall–Kier alpha value is -1.51. The highest BCUT2D eigenvalue weighted by molar-refractivity contribution is 5.73. The zero-order valence-corrected chi connectivity index (χ0v) is 6.37. The second kappa shape index (κ2) is 5.29. The van der Waals surface area contributed by atoms with E-state index in [1.54, 1.807) is 0 Å². The van der Waals surface area contributed by atoms with E-state index in [9.17, 15) is 4.79 Å². The molecule has 0 saturated carbocycles. The Bertz CT molecular complexity index is 204. The number of allylic oxidation sites excluding steroid dienone is 3.